The van der Waals surface area contributed by atoms with Crippen LogP contribution in [0.25, 0.3) is 0 Å². The van der Waals surface area contributed by atoms with E-state index in [-0.39, 0.29) is 18.1 Å². The van der Waals surface area contributed by atoms with Crippen LogP contribution >= 0.6 is 11.3 Å². The molecule has 2 fully saturated rings. The van der Waals surface area contributed by atoms with Gasteiger partial charge in [-0.05, 0) is 56.0 Å². The van der Waals surface area contributed by atoms with Crippen molar-refractivity contribution in [3.05, 3.63) is 46.7 Å². The van der Waals surface area contributed by atoms with Crippen molar-refractivity contribution in [2.75, 3.05) is 62.6 Å². The summed E-state index contributed by atoms with van der Waals surface area (Å²) in [6.45, 7) is 11.5. The van der Waals surface area contributed by atoms with Gasteiger partial charge in [0.15, 0.2) is 0 Å². The number of hydrogen-bond acceptors (Lipinski definition) is 6. The van der Waals surface area contributed by atoms with Crippen LogP contribution in [0.4, 0.5) is 11.4 Å². The number of hydrogen-bond donors (Lipinski definition) is 1. The zero-order valence-corrected chi connectivity index (χ0v) is 19.4. The Bertz CT molecular complexity index is 809. The van der Waals surface area contributed by atoms with Crippen LogP contribution in [-0.4, -0.2) is 80.3 Å². The summed E-state index contributed by atoms with van der Waals surface area (Å²) >= 11 is 1.83. The molecular formula is C24H34N4O2S. The van der Waals surface area contributed by atoms with Crippen LogP contribution in [0.15, 0.2) is 41.8 Å². The van der Waals surface area contributed by atoms with Gasteiger partial charge in [0.25, 0.3) is 0 Å². The molecule has 2 atom stereocenters. The predicted octanol–water partition coefficient (Wildman–Crippen LogP) is 3.16. The first-order chi connectivity index (χ1) is 15.0. The van der Waals surface area contributed by atoms with E-state index in [0.29, 0.717) is 6.54 Å². The van der Waals surface area contributed by atoms with Crippen molar-refractivity contribution >= 4 is 28.6 Å². The smallest absolute Gasteiger partial charge is 0.238 e. The third kappa shape index (κ3) is 6.53. The Kier molecular flexibility index (Phi) is 7.61. The van der Waals surface area contributed by atoms with Gasteiger partial charge < -0.3 is 19.9 Å². The number of nitrogens with one attached hydrogen (secondary N) is 1. The molecule has 2 aliphatic heterocycles. The third-order valence-corrected chi connectivity index (χ3v) is 6.96. The van der Waals surface area contributed by atoms with E-state index in [1.165, 1.54) is 10.6 Å². The van der Waals surface area contributed by atoms with Crippen molar-refractivity contribution in [3.63, 3.8) is 0 Å². The molecule has 3 heterocycles. The van der Waals surface area contributed by atoms with Gasteiger partial charge in [0.05, 0.1) is 18.8 Å². The molecule has 0 bridgehead atoms. The molecule has 1 N–H and O–H groups in total. The molecule has 2 aromatic rings. The van der Waals surface area contributed by atoms with Gasteiger partial charge in [-0.25, -0.2) is 0 Å². The molecule has 6 nitrogen and oxygen atoms in total. The Balaban J connectivity index is 1.19. The molecular weight excluding hydrogens is 408 g/mol. The summed E-state index contributed by atoms with van der Waals surface area (Å²) in [6.07, 6.45) is 1.59. The van der Waals surface area contributed by atoms with Gasteiger partial charge >= 0.3 is 0 Å². The fraction of sp³-hybridized carbons (Fsp3) is 0.542. The number of amides is 1. The molecule has 4 rings (SSSR count). The average Bonchev–Trinajstić information content (AvgIpc) is 3.27. The van der Waals surface area contributed by atoms with Crippen LogP contribution in [-0.2, 0) is 16.0 Å². The van der Waals surface area contributed by atoms with Gasteiger partial charge in [-0.3, -0.25) is 9.69 Å². The Morgan fingerprint density at radius 3 is 2.35 bits per heavy atom. The van der Waals surface area contributed by atoms with Crippen LogP contribution < -0.4 is 10.2 Å². The summed E-state index contributed by atoms with van der Waals surface area (Å²) in [5.41, 5.74) is 2.04. The molecule has 31 heavy (non-hydrogen) atoms. The lowest BCUT2D eigenvalue weighted by Gasteiger charge is -2.37. The van der Waals surface area contributed by atoms with Crippen molar-refractivity contribution in [1.82, 2.24) is 9.80 Å². The average molecular weight is 443 g/mol. The SMILES string of the molecule is CC1CN(c2ccc(NC(=O)CN3CCN(CCc4cccs4)CC3)cc2)CC(C)O1. The van der Waals surface area contributed by atoms with Gasteiger partial charge in [0.1, 0.15) is 0 Å². The Labute approximate surface area is 189 Å². The first kappa shape index (κ1) is 22.3. The Morgan fingerprint density at radius 1 is 1.03 bits per heavy atom. The largest absolute Gasteiger partial charge is 0.372 e. The minimum atomic E-state index is 0.0633. The molecule has 0 saturated carbocycles. The fourth-order valence-electron chi connectivity index (χ4n) is 4.44. The zero-order chi connectivity index (χ0) is 21.6. The number of morpholine rings is 1. The number of thiophene rings is 1. The molecule has 1 amide bonds. The van der Waals surface area contributed by atoms with Crippen LogP contribution in [0.3, 0.4) is 0 Å². The quantitative estimate of drug-likeness (QED) is 0.714. The fourth-order valence-corrected chi connectivity index (χ4v) is 5.14. The van der Waals surface area contributed by atoms with E-state index >= 15 is 0 Å². The van der Waals surface area contributed by atoms with Crippen molar-refractivity contribution in [2.45, 2.75) is 32.5 Å². The van der Waals surface area contributed by atoms with Gasteiger partial charge in [-0.2, -0.15) is 0 Å². The molecule has 2 aliphatic rings. The number of nitrogens with zero attached hydrogens (tertiary/aromatic N) is 3. The van der Waals surface area contributed by atoms with Crippen molar-refractivity contribution in [3.8, 4) is 0 Å². The molecule has 168 valence electrons. The number of carbonyl (C=O) groups excluding carboxylic acids is 1. The normalized spacial score (nSPS) is 23.1. The molecule has 1 aromatic carbocycles. The monoisotopic (exact) mass is 442 g/mol. The maximum absolute atomic E-state index is 12.5. The van der Waals surface area contributed by atoms with Gasteiger partial charge in [-0.1, -0.05) is 6.07 Å². The molecule has 7 heteroatoms. The van der Waals surface area contributed by atoms with Crippen LogP contribution in [0.2, 0.25) is 0 Å². The topological polar surface area (TPSA) is 48.1 Å². The summed E-state index contributed by atoms with van der Waals surface area (Å²) in [6, 6.07) is 12.5. The number of anilines is 2. The van der Waals surface area contributed by atoms with Crippen molar-refractivity contribution in [2.24, 2.45) is 0 Å². The summed E-state index contributed by atoms with van der Waals surface area (Å²) in [5.74, 6) is 0.0633. The summed E-state index contributed by atoms with van der Waals surface area (Å²) in [4.78, 5) is 21.1. The molecule has 0 aliphatic carbocycles. The maximum atomic E-state index is 12.5. The van der Waals surface area contributed by atoms with E-state index in [0.717, 1.165) is 57.9 Å². The molecule has 2 saturated heterocycles. The van der Waals surface area contributed by atoms with Crippen molar-refractivity contribution < 1.29 is 9.53 Å². The predicted molar refractivity (Wildman–Crippen MR) is 128 cm³/mol. The molecule has 0 spiro atoms. The molecule has 2 unspecified atom stereocenters. The highest BCUT2D eigenvalue weighted by Crippen LogP contribution is 2.22. The van der Waals surface area contributed by atoms with Crippen LogP contribution in [0.5, 0.6) is 0 Å². The summed E-state index contributed by atoms with van der Waals surface area (Å²) < 4.78 is 5.82. The lowest BCUT2D eigenvalue weighted by Crippen LogP contribution is -2.49. The lowest BCUT2D eigenvalue weighted by atomic mass is 10.2. The third-order valence-electron chi connectivity index (χ3n) is 6.02. The number of rotatable bonds is 7. The second-order valence-corrected chi connectivity index (χ2v) is 9.74. The summed E-state index contributed by atoms with van der Waals surface area (Å²) in [7, 11) is 0. The van der Waals surface area contributed by atoms with Crippen molar-refractivity contribution in [1.29, 1.82) is 0 Å². The number of carbonyl (C=O) groups is 1. The van der Waals surface area contributed by atoms with Gasteiger partial charge in [-0.15, -0.1) is 11.3 Å². The van der Waals surface area contributed by atoms with E-state index in [1.54, 1.807) is 0 Å². The van der Waals surface area contributed by atoms with E-state index in [9.17, 15) is 4.79 Å². The highest BCUT2D eigenvalue weighted by Gasteiger charge is 2.22. The minimum Gasteiger partial charge on any atom is -0.372 e. The first-order valence-corrected chi connectivity index (χ1v) is 12.2. The lowest BCUT2D eigenvalue weighted by molar-refractivity contribution is -0.117. The number of benzene rings is 1. The zero-order valence-electron chi connectivity index (χ0n) is 18.6. The van der Waals surface area contributed by atoms with Crippen LogP contribution in [0.1, 0.15) is 18.7 Å². The van der Waals surface area contributed by atoms with E-state index < -0.39 is 0 Å². The Morgan fingerprint density at radius 2 is 1.71 bits per heavy atom. The summed E-state index contributed by atoms with van der Waals surface area (Å²) in [5, 5.41) is 5.20. The molecule has 1 aromatic heterocycles. The minimum absolute atomic E-state index is 0.0633. The second-order valence-electron chi connectivity index (χ2n) is 8.70. The Hall–Kier alpha value is -1.93. The number of ether oxygens (including phenoxy) is 1. The highest BCUT2D eigenvalue weighted by molar-refractivity contribution is 7.09. The van der Waals surface area contributed by atoms with Gasteiger partial charge in [0.2, 0.25) is 5.91 Å². The molecule has 0 radical (unpaired) electrons. The standard InChI is InChI=1S/C24H34N4O2S/c1-19-16-28(17-20(2)30-19)22-7-5-21(6-8-22)25-24(29)18-27-13-11-26(12-14-27)10-9-23-4-3-15-31-23/h3-8,15,19-20H,9-14,16-18H2,1-2H3,(H,25,29). The van der Waals surface area contributed by atoms with Gasteiger partial charge in [0, 0.05) is 62.1 Å². The van der Waals surface area contributed by atoms with E-state index in [1.807, 2.05) is 23.5 Å². The van der Waals surface area contributed by atoms with E-state index in [2.05, 4.69) is 63.5 Å². The highest BCUT2D eigenvalue weighted by atomic mass is 32.1. The maximum Gasteiger partial charge on any atom is 0.238 e. The van der Waals surface area contributed by atoms with Crippen LogP contribution in [0, 0.1) is 0 Å². The van der Waals surface area contributed by atoms with E-state index in [4.69, 9.17) is 4.74 Å². The second kappa shape index (κ2) is 10.6. The first-order valence-electron chi connectivity index (χ1n) is 11.3. The number of piperazine rings is 1.